The van der Waals surface area contributed by atoms with Crippen molar-refractivity contribution in [3.05, 3.63) is 0 Å². The second kappa shape index (κ2) is 6.02. The molecule has 3 nitrogen and oxygen atoms in total. The van der Waals surface area contributed by atoms with Gasteiger partial charge in [-0.25, -0.2) is 0 Å². The van der Waals surface area contributed by atoms with Crippen molar-refractivity contribution in [3.8, 4) is 0 Å². The fourth-order valence-corrected chi connectivity index (χ4v) is 1.53. The lowest BCUT2D eigenvalue weighted by molar-refractivity contribution is -0.156. The first-order valence-corrected chi connectivity index (χ1v) is 5.96. The highest BCUT2D eigenvalue weighted by atomic mass is 16.5. The van der Waals surface area contributed by atoms with Crippen molar-refractivity contribution in [3.63, 3.8) is 0 Å². The Morgan fingerprint density at radius 2 is 1.69 bits per heavy atom. The first-order valence-electron chi connectivity index (χ1n) is 5.96. The highest BCUT2D eigenvalue weighted by molar-refractivity contribution is 6.01. The molecule has 2 unspecified atom stereocenters. The molecule has 16 heavy (non-hydrogen) atoms. The van der Waals surface area contributed by atoms with Crippen LogP contribution in [0.1, 0.15) is 48.0 Å². The van der Waals surface area contributed by atoms with E-state index in [-0.39, 0.29) is 17.7 Å². The molecule has 0 aromatic carbocycles. The predicted octanol–water partition coefficient (Wildman–Crippen LogP) is 2.83. The van der Waals surface area contributed by atoms with Gasteiger partial charge in [-0.05, 0) is 12.8 Å². The maximum atomic E-state index is 12.2. The summed E-state index contributed by atoms with van der Waals surface area (Å²) in [6.45, 7) is 11.5. The molecule has 94 valence electrons. The third kappa shape index (κ3) is 3.95. The lowest BCUT2D eigenvalue weighted by Crippen LogP contribution is -2.38. The molecule has 2 atom stereocenters. The van der Waals surface area contributed by atoms with Crippen molar-refractivity contribution in [1.82, 2.24) is 0 Å². The minimum Gasteiger partial charge on any atom is -0.465 e. The van der Waals surface area contributed by atoms with E-state index in [4.69, 9.17) is 4.74 Å². The molecular weight excluding hydrogens is 204 g/mol. The summed E-state index contributed by atoms with van der Waals surface area (Å²) >= 11 is 0. The van der Waals surface area contributed by atoms with Crippen LogP contribution in [-0.2, 0) is 14.3 Å². The minimum absolute atomic E-state index is 0.0275. The summed E-state index contributed by atoms with van der Waals surface area (Å²) in [4.78, 5) is 24.0. The Morgan fingerprint density at radius 3 is 2.00 bits per heavy atom. The van der Waals surface area contributed by atoms with E-state index in [0.29, 0.717) is 6.61 Å². The summed E-state index contributed by atoms with van der Waals surface area (Å²) in [5.41, 5.74) is -0.499. The molecule has 0 heterocycles. The van der Waals surface area contributed by atoms with Crippen LogP contribution in [0.3, 0.4) is 0 Å². The van der Waals surface area contributed by atoms with E-state index in [1.807, 2.05) is 34.6 Å². The molecule has 0 aliphatic carbocycles. The molecule has 0 spiro atoms. The van der Waals surface area contributed by atoms with Gasteiger partial charge in [0.15, 0.2) is 5.78 Å². The topological polar surface area (TPSA) is 43.4 Å². The summed E-state index contributed by atoms with van der Waals surface area (Å²) in [6.07, 6.45) is 0.797. The molecule has 0 aromatic heterocycles. The van der Waals surface area contributed by atoms with Gasteiger partial charge in [-0.15, -0.1) is 0 Å². The maximum absolute atomic E-state index is 12.2. The van der Waals surface area contributed by atoms with E-state index in [1.54, 1.807) is 6.92 Å². The highest BCUT2D eigenvalue weighted by Crippen LogP contribution is 2.27. The zero-order chi connectivity index (χ0) is 12.9. The van der Waals surface area contributed by atoms with Crippen LogP contribution in [0.25, 0.3) is 0 Å². The fourth-order valence-electron chi connectivity index (χ4n) is 1.53. The van der Waals surface area contributed by atoms with E-state index in [0.717, 1.165) is 6.42 Å². The monoisotopic (exact) mass is 228 g/mol. The molecule has 0 fully saturated rings. The number of esters is 1. The molecule has 0 aromatic rings. The quantitative estimate of drug-likeness (QED) is 0.537. The highest BCUT2D eigenvalue weighted by Gasteiger charge is 2.38. The van der Waals surface area contributed by atoms with Crippen molar-refractivity contribution in [2.75, 3.05) is 6.61 Å². The number of hydrogen-bond donors (Lipinski definition) is 0. The van der Waals surface area contributed by atoms with Gasteiger partial charge in [-0.2, -0.15) is 0 Å². The lowest BCUT2D eigenvalue weighted by atomic mass is 9.77. The molecule has 0 bridgehead atoms. The van der Waals surface area contributed by atoms with E-state index < -0.39 is 11.3 Å². The SMILES string of the molecule is CCOC(=O)C(C(=O)C(C)(C)C)C(C)CC. The summed E-state index contributed by atoms with van der Waals surface area (Å²) in [5.74, 6) is -0.993. The van der Waals surface area contributed by atoms with Crippen molar-refractivity contribution < 1.29 is 14.3 Å². The Balaban J connectivity index is 4.95. The molecule has 0 saturated heterocycles. The van der Waals surface area contributed by atoms with Crippen LogP contribution in [0.4, 0.5) is 0 Å². The molecule has 0 radical (unpaired) electrons. The molecule has 0 aliphatic rings. The van der Waals surface area contributed by atoms with Gasteiger partial charge in [-0.1, -0.05) is 41.0 Å². The smallest absolute Gasteiger partial charge is 0.316 e. The number of ketones is 1. The summed E-state index contributed by atoms with van der Waals surface area (Å²) in [7, 11) is 0. The number of hydrogen-bond acceptors (Lipinski definition) is 3. The maximum Gasteiger partial charge on any atom is 0.316 e. The van der Waals surface area contributed by atoms with Gasteiger partial charge in [0.2, 0.25) is 0 Å². The first-order chi connectivity index (χ1) is 7.25. The standard InChI is InChI=1S/C13H24O3/c1-7-9(3)10(12(15)16-8-2)11(14)13(4,5)6/h9-10H,7-8H2,1-6H3. The average Bonchev–Trinajstić information content (AvgIpc) is 2.16. The molecule has 0 rings (SSSR count). The lowest BCUT2D eigenvalue weighted by Gasteiger charge is -2.26. The third-order valence-electron chi connectivity index (χ3n) is 2.78. The summed E-state index contributed by atoms with van der Waals surface area (Å²) < 4.78 is 4.98. The Hall–Kier alpha value is -0.860. The second-order valence-corrected chi connectivity index (χ2v) is 5.23. The molecule has 0 aliphatic heterocycles. The van der Waals surface area contributed by atoms with Gasteiger partial charge in [0.1, 0.15) is 5.92 Å². The largest absolute Gasteiger partial charge is 0.465 e. The van der Waals surface area contributed by atoms with Crippen LogP contribution in [0.5, 0.6) is 0 Å². The van der Waals surface area contributed by atoms with E-state index >= 15 is 0 Å². The number of rotatable bonds is 5. The predicted molar refractivity (Wildman–Crippen MR) is 64.0 cm³/mol. The van der Waals surface area contributed by atoms with Gasteiger partial charge < -0.3 is 4.74 Å². The Kier molecular flexibility index (Phi) is 5.70. The number of carbonyl (C=O) groups excluding carboxylic acids is 2. The van der Waals surface area contributed by atoms with Gasteiger partial charge in [0.25, 0.3) is 0 Å². The van der Waals surface area contributed by atoms with Crippen LogP contribution in [0, 0.1) is 17.3 Å². The molecule has 0 amide bonds. The van der Waals surface area contributed by atoms with Gasteiger partial charge >= 0.3 is 5.97 Å². The van der Waals surface area contributed by atoms with E-state index in [1.165, 1.54) is 0 Å². The normalized spacial score (nSPS) is 15.4. The molecule has 3 heteroatoms. The van der Waals surface area contributed by atoms with Crippen LogP contribution in [0.15, 0.2) is 0 Å². The second-order valence-electron chi connectivity index (χ2n) is 5.23. The van der Waals surface area contributed by atoms with Crippen LogP contribution in [0.2, 0.25) is 0 Å². The van der Waals surface area contributed by atoms with Gasteiger partial charge in [0, 0.05) is 5.41 Å². The zero-order valence-corrected chi connectivity index (χ0v) is 11.3. The third-order valence-corrected chi connectivity index (χ3v) is 2.78. The van der Waals surface area contributed by atoms with Crippen molar-refractivity contribution >= 4 is 11.8 Å². The van der Waals surface area contributed by atoms with E-state index in [2.05, 4.69) is 0 Å². The van der Waals surface area contributed by atoms with Crippen LogP contribution >= 0.6 is 0 Å². The van der Waals surface area contributed by atoms with Crippen molar-refractivity contribution in [2.45, 2.75) is 48.0 Å². The average molecular weight is 228 g/mol. The Bertz CT molecular complexity index is 250. The summed E-state index contributed by atoms with van der Waals surface area (Å²) in [6, 6.07) is 0. The van der Waals surface area contributed by atoms with Crippen LogP contribution in [-0.4, -0.2) is 18.4 Å². The number of ether oxygens (including phenoxy) is 1. The molecule has 0 saturated carbocycles. The number of Topliss-reactive ketones (excluding diaryl/α,β-unsaturated/α-hetero) is 1. The van der Waals surface area contributed by atoms with Gasteiger partial charge in [0.05, 0.1) is 6.61 Å². The summed E-state index contributed by atoms with van der Waals surface area (Å²) in [5, 5.41) is 0. The van der Waals surface area contributed by atoms with Crippen molar-refractivity contribution in [2.24, 2.45) is 17.3 Å². The van der Waals surface area contributed by atoms with E-state index in [9.17, 15) is 9.59 Å². The minimum atomic E-state index is -0.620. The van der Waals surface area contributed by atoms with Crippen molar-refractivity contribution in [1.29, 1.82) is 0 Å². The fraction of sp³-hybridized carbons (Fsp3) is 0.846. The molecular formula is C13H24O3. The Morgan fingerprint density at radius 1 is 1.19 bits per heavy atom. The van der Waals surface area contributed by atoms with Crippen LogP contribution < -0.4 is 0 Å². The molecule has 0 N–H and O–H groups in total. The Labute approximate surface area is 98.6 Å². The van der Waals surface area contributed by atoms with Gasteiger partial charge in [-0.3, -0.25) is 9.59 Å². The first kappa shape index (κ1) is 15.1. The zero-order valence-electron chi connectivity index (χ0n) is 11.3. The number of carbonyl (C=O) groups is 2.